The summed E-state index contributed by atoms with van der Waals surface area (Å²) in [4.78, 5) is 24.1. The zero-order chi connectivity index (χ0) is 23.6. The summed E-state index contributed by atoms with van der Waals surface area (Å²) in [5.41, 5.74) is 4.77. The van der Waals surface area contributed by atoms with Crippen LogP contribution in [-0.4, -0.2) is 31.8 Å². The van der Waals surface area contributed by atoms with Crippen LogP contribution < -0.4 is 19.6 Å². The van der Waals surface area contributed by atoms with Crippen molar-refractivity contribution in [3.63, 3.8) is 0 Å². The van der Waals surface area contributed by atoms with Crippen molar-refractivity contribution >= 4 is 18.1 Å². The van der Waals surface area contributed by atoms with Crippen LogP contribution in [0, 0.1) is 0 Å². The Morgan fingerprint density at radius 1 is 0.879 bits per heavy atom. The molecule has 0 aliphatic carbocycles. The maximum Gasteiger partial charge on any atom is 0.343 e. The van der Waals surface area contributed by atoms with Crippen LogP contribution in [0.25, 0.3) is 0 Å². The molecule has 0 fully saturated rings. The summed E-state index contributed by atoms with van der Waals surface area (Å²) in [7, 11) is 1.56. The summed E-state index contributed by atoms with van der Waals surface area (Å²) in [5.74, 6) is 1.28. The molecule has 0 bridgehead atoms. The SMILES string of the molecule is COc1ccc(C(=O)Oc2ccc(/C=N\NC(=O)COc3ccc(C(C)C)cc3)cc2)cc1. The zero-order valence-electron chi connectivity index (χ0n) is 18.8. The number of hydrazone groups is 1. The van der Waals surface area contributed by atoms with Gasteiger partial charge >= 0.3 is 5.97 Å². The highest BCUT2D eigenvalue weighted by atomic mass is 16.5. The van der Waals surface area contributed by atoms with Crippen LogP contribution in [0.3, 0.4) is 0 Å². The molecule has 0 aliphatic heterocycles. The molecular weight excluding hydrogens is 420 g/mol. The predicted molar refractivity (Wildman–Crippen MR) is 126 cm³/mol. The van der Waals surface area contributed by atoms with Crippen molar-refractivity contribution in [2.24, 2.45) is 5.10 Å². The molecule has 33 heavy (non-hydrogen) atoms. The molecule has 0 aliphatic rings. The van der Waals surface area contributed by atoms with Gasteiger partial charge in [-0.25, -0.2) is 10.2 Å². The lowest BCUT2D eigenvalue weighted by atomic mass is 10.0. The second-order valence-corrected chi connectivity index (χ2v) is 7.49. The van der Waals surface area contributed by atoms with Crippen LogP contribution in [0.15, 0.2) is 77.9 Å². The second-order valence-electron chi connectivity index (χ2n) is 7.49. The number of ether oxygens (including phenoxy) is 3. The summed E-state index contributed by atoms with van der Waals surface area (Å²) in [6.45, 7) is 4.09. The number of carbonyl (C=O) groups excluding carboxylic acids is 2. The number of methoxy groups -OCH3 is 1. The first-order chi connectivity index (χ1) is 15.9. The smallest absolute Gasteiger partial charge is 0.343 e. The minimum atomic E-state index is -0.467. The fraction of sp³-hybridized carbons (Fsp3) is 0.192. The minimum Gasteiger partial charge on any atom is -0.497 e. The normalized spacial score (nSPS) is 10.8. The Hall–Kier alpha value is -4.13. The highest BCUT2D eigenvalue weighted by molar-refractivity contribution is 5.91. The molecule has 7 nitrogen and oxygen atoms in total. The third-order valence-corrected chi connectivity index (χ3v) is 4.74. The highest BCUT2D eigenvalue weighted by Gasteiger charge is 2.09. The molecule has 7 heteroatoms. The van der Waals surface area contributed by atoms with Gasteiger partial charge in [0.2, 0.25) is 0 Å². The molecule has 3 aromatic carbocycles. The summed E-state index contributed by atoms with van der Waals surface area (Å²) in [6.07, 6.45) is 1.49. The van der Waals surface area contributed by atoms with E-state index in [1.165, 1.54) is 11.8 Å². The molecule has 1 amide bonds. The Morgan fingerprint density at radius 3 is 2.09 bits per heavy atom. The van der Waals surface area contributed by atoms with Crippen molar-refractivity contribution in [2.75, 3.05) is 13.7 Å². The van der Waals surface area contributed by atoms with Gasteiger partial charge in [-0.2, -0.15) is 5.10 Å². The van der Waals surface area contributed by atoms with Crippen molar-refractivity contribution in [1.82, 2.24) is 5.43 Å². The average molecular weight is 447 g/mol. The Labute approximate surface area is 193 Å². The third kappa shape index (κ3) is 7.21. The first-order valence-electron chi connectivity index (χ1n) is 10.5. The van der Waals surface area contributed by atoms with Crippen molar-refractivity contribution in [3.8, 4) is 17.2 Å². The number of rotatable bonds is 9. The third-order valence-electron chi connectivity index (χ3n) is 4.74. The molecule has 0 atom stereocenters. The van der Waals surface area contributed by atoms with Gasteiger partial charge in [-0.05, 0) is 77.7 Å². The van der Waals surface area contributed by atoms with Crippen LogP contribution in [-0.2, 0) is 4.79 Å². The zero-order valence-corrected chi connectivity index (χ0v) is 18.8. The van der Waals surface area contributed by atoms with Gasteiger partial charge < -0.3 is 14.2 Å². The molecule has 0 saturated heterocycles. The molecule has 0 spiro atoms. The summed E-state index contributed by atoms with van der Waals surface area (Å²) in [6, 6.07) is 21.0. The number of hydrogen-bond donors (Lipinski definition) is 1. The lowest BCUT2D eigenvalue weighted by Crippen LogP contribution is -2.24. The monoisotopic (exact) mass is 446 g/mol. The Balaban J connectivity index is 1.44. The van der Waals surface area contributed by atoms with E-state index in [1.807, 2.05) is 24.3 Å². The summed E-state index contributed by atoms with van der Waals surface area (Å²) in [5, 5.41) is 3.92. The Kier molecular flexibility index (Phi) is 8.18. The van der Waals surface area contributed by atoms with Gasteiger partial charge in [0.15, 0.2) is 6.61 Å². The lowest BCUT2D eigenvalue weighted by Gasteiger charge is -2.08. The van der Waals surface area contributed by atoms with E-state index < -0.39 is 5.97 Å². The molecule has 0 aromatic heterocycles. The average Bonchev–Trinajstić information content (AvgIpc) is 2.84. The number of hydrogen-bond acceptors (Lipinski definition) is 6. The lowest BCUT2D eigenvalue weighted by molar-refractivity contribution is -0.123. The Bertz CT molecular complexity index is 1090. The van der Waals surface area contributed by atoms with Gasteiger partial charge in [-0.1, -0.05) is 26.0 Å². The highest BCUT2D eigenvalue weighted by Crippen LogP contribution is 2.18. The molecule has 0 radical (unpaired) electrons. The van der Waals surface area contributed by atoms with Crippen LogP contribution in [0.5, 0.6) is 17.2 Å². The maximum atomic E-state index is 12.2. The molecule has 0 saturated carbocycles. The van der Waals surface area contributed by atoms with E-state index in [1.54, 1.807) is 55.6 Å². The molecule has 170 valence electrons. The Morgan fingerprint density at radius 2 is 1.48 bits per heavy atom. The molecule has 1 N–H and O–H groups in total. The minimum absolute atomic E-state index is 0.140. The van der Waals surface area contributed by atoms with Crippen molar-refractivity contribution in [3.05, 3.63) is 89.5 Å². The topological polar surface area (TPSA) is 86.2 Å². The van der Waals surface area contributed by atoms with Crippen molar-refractivity contribution in [1.29, 1.82) is 0 Å². The maximum absolute atomic E-state index is 12.2. The number of esters is 1. The van der Waals surface area contributed by atoms with Crippen molar-refractivity contribution < 1.29 is 23.8 Å². The van der Waals surface area contributed by atoms with E-state index in [4.69, 9.17) is 14.2 Å². The number of nitrogens with zero attached hydrogens (tertiary/aromatic N) is 1. The van der Waals surface area contributed by atoms with Crippen LogP contribution in [0.4, 0.5) is 0 Å². The van der Waals surface area contributed by atoms with E-state index in [0.717, 1.165) is 5.56 Å². The first kappa shape index (κ1) is 23.5. The molecule has 3 aromatic rings. The first-order valence-corrected chi connectivity index (χ1v) is 10.5. The summed E-state index contributed by atoms with van der Waals surface area (Å²) < 4.78 is 15.9. The second kappa shape index (κ2) is 11.5. The predicted octanol–water partition coefficient (Wildman–Crippen LogP) is 4.57. The van der Waals surface area contributed by atoms with E-state index in [0.29, 0.717) is 28.7 Å². The fourth-order valence-electron chi connectivity index (χ4n) is 2.82. The molecular formula is C26H26N2O5. The van der Waals surface area contributed by atoms with Crippen molar-refractivity contribution in [2.45, 2.75) is 19.8 Å². The van der Waals surface area contributed by atoms with Gasteiger partial charge in [0.25, 0.3) is 5.91 Å². The van der Waals surface area contributed by atoms with E-state index in [2.05, 4.69) is 24.4 Å². The standard InChI is InChI=1S/C26H26N2O5/c1-18(2)20-6-14-23(15-7-20)32-17-25(29)28-27-16-19-4-10-24(11-5-19)33-26(30)21-8-12-22(31-3)13-9-21/h4-16,18H,17H2,1-3H3,(H,28,29)/b27-16-. The van der Waals surface area contributed by atoms with E-state index in [-0.39, 0.29) is 12.5 Å². The van der Waals surface area contributed by atoms with Gasteiger partial charge in [-0.3, -0.25) is 4.79 Å². The quantitative estimate of drug-likeness (QED) is 0.225. The van der Waals surface area contributed by atoms with Gasteiger partial charge in [0, 0.05) is 0 Å². The molecule has 0 heterocycles. The summed E-state index contributed by atoms with van der Waals surface area (Å²) >= 11 is 0. The number of benzene rings is 3. The number of amides is 1. The van der Waals surface area contributed by atoms with Crippen LogP contribution in [0.2, 0.25) is 0 Å². The largest absolute Gasteiger partial charge is 0.497 e. The molecule has 3 rings (SSSR count). The van der Waals surface area contributed by atoms with Gasteiger partial charge in [-0.15, -0.1) is 0 Å². The van der Waals surface area contributed by atoms with Crippen LogP contribution in [0.1, 0.15) is 41.3 Å². The van der Waals surface area contributed by atoms with Gasteiger partial charge in [0.05, 0.1) is 18.9 Å². The van der Waals surface area contributed by atoms with Gasteiger partial charge in [0.1, 0.15) is 17.2 Å². The number of carbonyl (C=O) groups is 2. The molecule has 0 unspecified atom stereocenters. The van der Waals surface area contributed by atoms with E-state index >= 15 is 0 Å². The van der Waals surface area contributed by atoms with Crippen LogP contribution >= 0.6 is 0 Å². The fourth-order valence-corrected chi connectivity index (χ4v) is 2.82. The number of nitrogens with one attached hydrogen (secondary N) is 1. The van der Waals surface area contributed by atoms with E-state index in [9.17, 15) is 9.59 Å².